The van der Waals surface area contributed by atoms with Crippen LogP contribution in [0.4, 0.5) is 0 Å². The highest BCUT2D eigenvalue weighted by molar-refractivity contribution is 5.96. The molecule has 174 valence electrons. The highest BCUT2D eigenvalue weighted by Crippen LogP contribution is 2.24. The van der Waals surface area contributed by atoms with Gasteiger partial charge in [0.2, 0.25) is 0 Å². The Bertz CT molecular complexity index is 835. The standard InChI is InChI=1S/C29H42N2O/c1-4-30-18-6-8-27-14-15-28(21-24(27)3)29(32)9-5-7-25-16-19-31(20-17-25)22-26-12-10-23(2)11-13-26/h10-15,21,25,30H,4-9,16-20,22H2,1-3H3. The molecule has 0 aromatic heterocycles. The van der Waals surface area contributed by atoms with Gasteiger partial charge in [-0.05, 0) is 107 Å². The first kappa shape index (κ1) is 24.7. The van der Waals surface area contributed by atoms with Crippen LogP contribution in [0.3, 0.4) is 0 Å². The summed E-state index contributed by atoms with van der Waals surface area (Å²) in [5.41, 5.74) is 6.27. The Balaban J connectivity index is 1.35. The fourth-order valence-electron chi connectivity index (χ4n) is 4.81. The first-order valence-corrected chi connectivity index (χ1v) is 12.7. The molecule has 1 N–H and O–H groups in total. The number of carbonyl (C=O) groups excluding carboxylic acids is 1. The summed E-state index contributed by atoms with van der Waals surface area (Å²) in [6.45, 7) is 11.9. The summed E-state index contributed by atoms with van der Waals surface area (Å²) in [7, 11) is 0. The summed E-state index contributed by atoms with van der Waals surface area (Å²) in [6.07, 6.45) is 7.64. The lowest BCUT2D eigenvalue weighted by molar-refractivity contribution is 0.0974. The Morgan fingerprint density at radius 1 is 1.03 bits per heavy atom. The van der Waals surface area contributed by atoms with Crippen LogP contribution in [0.2, 0.25) is 0 Å². The molecule has 0 atom stereocenters. The number of hydrogen-bond acceptors (Lipinski definition) is 3. The van der Waals surface area contributed by atoms with E-state index in [1.807, 2.05) is 6.07 Å². The number of piperidine rings is 1. The highest BCUT2D eigenvalue weighted by atomic mass is 16.1. The van der Waals surface area contributed by atoms with Crippen molar-refractivity contribution in [1.29, 1.82) is 0 Å². The number of benzene rings is 2. The van der Waals surface area contributed by atoms with Crippen LogP contribution in [0.1, 0.15) is 78.1 Å². The summed E-state index contributed by atoms with van der Waals surface area (Å²) in [4.78, 5) is 15.3. The molecule has 32 heavy (non-hydrogen) atoms. The van der Waals surface area contributed by atoms with E-state index in [1.165, 1.54) is 54.6 Å². The quantitative estimate of drug-likeness (QED) is 0.323. The van der Waals surface area contributed by atoms with Gasteiger partial charge in [-0.15, -0.1) is 0 Å². The third-order valence-corrected chi connectivity index (χ3v) is 6.96. The molecule has 2 aromatic carbocycles. The van der Waals surface area contributed by atoms with E-state index < -0.39 is 0 Å². The monoisotopic (exact) mass is 434 g/mol. The maximum Gasteiger partial charge on any atom is 0.162 e. The molecule has 3 nitrogen and oxygen atoms in total. The number of ketones is 1. The van der Waals surface area contributed by atoms with Crippen molar-refractivity contribution in [2.75, 3.05) is 26.2 Å². The SMILES string of the molecule is CCNCCCc1ccc(C(=O)CCCC2CCN(Cc3ccc(C)cc3)CC2)cc1C. The molecule has 1 aliphatic rings. The van der Waals surface area contributed by atoms with Crippen LogP contribution in [0.5, 0.6) is 0 Å². The van der Waals surface area contributed by atoms with E-state index in [-0.39, 0.29) is 0 Å². The lowest BCUT2D eigenvalue weighted by Gasteiger charge is -2.32. The fourth-order valence-corrected chi connectivity index (χ4v) is 4.81. The first-order valence-electron chi connectivity index (χ1n) is 12.7. The van der Waals surface area contributed by atoms with Gasteiger partial charge in [0, 0.05) is 18.5 Å². The number of carbonyl (C=O) groups is 1. The smallest absolute Gasteiger partial charge is 0.162 e. The summed E-state index contributed by atoms with van der Waals surface area (Å²) < 4.78 is 0. The largest absolute Gasteiger partial charge is 0.317 e. The predicted molar refractivity (Wildman–Crippen MR) is 135 cm³/mol. The minimum absolute atomic E-state index is 0.309. The van der Waals surface area contributed by atoms with Crippen molar-refractivity contribution in [3.05, 3.63) is 70.3 Å². The first-order chi connectivity index (χ1) is 15.5. The Kier molecular flexibility index (Phi) is 9.95. The van der Waals surface area contributed by atoms with Crippen molar-refractivity contribution in [2.24, 2.45) is 5.92 Å². The van der Waals surface area contributed by atoms with Gasteiger partial charge in [-0.2, -0.15) is 0 Å². The van der Waals surface area contributed by atoms with Gasteiger partial charge >= 0.3 is 0 Å². The van der Waals surface area contributed by atoms with E-state index in [1.54, 1.807) is 0 Å². The molecule has 0 aliphatic carbocycles. The summed E-state index contributed by atoms with van der Waals surface area (Å²) >= 11 is 0. The van der Waals surface area contributed by atoms with Gasteiger partial charge in [0.05, 0.1) is 0 Å². The van der Waals surface area contributed by atoms with E-state index in [4.69, 9.17) is 0 Å². The maximum atomic E-state index is 12.7. The van der Waals surface area contributed by atoms with Gasteiger partial charge in [-0.25, -0.2) is 0 Å². The van der Waals surface area contributed by atoms with E-state index in [0.29, 0.717) is 12.2 Å². The van der Waals surface area contributed by atoms with Gasteiger partial charge in [-0.3, -0.25) is 9.69 Å². The number of hydrogen-bond donors (Lipinski definition) is 1. The van der Waals surface area contributed by atoms with Crippen molar-refractivity contribution < 1.29 is 4.79 Å². The Morgan fingerprint density at radius 2 is 1.78 bits per heavy atom. The molecular formula is C29H42N2O. The normalized spacial score (nSPS) is 15.2. The number of nitrogens with one attached hydrogen (secondary N) is 1. The zero-order valence-corrected chi connectivity index (χ0v) is 20.5. The van der Waals surface area contributed by atoms with Crippen molar-refractivity contribution >= 4 is 5.78 Å². The number of aryl methyl sites for hydroxylation is 3. The van der Waals surface area contributed by atoms with Crippen LogP contribution in [0, 0.1) is 19.8 Å². The van der Waals surface area contributed by atoms with Crippen LogP contribution in [-0.2, 0) is 13.0 Å². The van der Waals surface area contributed by atoms with Crippen LogP contribution in [-0.4, -0.2) is 36.9 Å². The van der Waals surface area contributed by atoms with Crippen molar-refractivity contribution in [2.45, 2.75) is 72.3 Å². The minimum Gasteiger partial charge on any atom is -0.317 e. The van der Waals surface area contributed by atoms with E-state index in [2.05, 4.69) is 67.4 Å². The van der Waals surface area contributed by atoms with Gasteiger partial charge in [-0.1, -0.05) is 48.9 Å². The zero-order chi connectivity index (χ0) is 22.8. The third kappa shape index (κ3) is 7.86. The number of rotatable bonds is 12. The van der Waals surface area contributed by atoms with Gasteiger partial charge in [0.15, 0.2) is 5.78 Å². The number of Topliss-reactive ketones (excluding diaryl/α,β-unsaturated/α-hetero) is 1. The molecule has 0 unspecified atom stereocenters. The topological polar surface area (TPSA) is 32.3 Å². The molecular weight excluding hydrogens is 392 g/mol. The molecule has 1 fully saturated rings. The van der Waals surface area contributed by atoms with Crippen LogP contribution in [0.25, 0.3) is 0 Å². The van der Waals surface area contributed by atoms with Gasteiger partial charge in [0.1, 0.15) is 0 Å². The Hall–Kier alpha value is -1.97. The van der Waals surface area contributed by atoms with Crippen molar-refractivity contribution in [3.8, 4) is 0 Å². The molecule has 0 radical (unpaired) electrons. The fraction of sp³-hybridized carbons (Fsp3) is 0.552. The second-order valence-corrected chi connectivity index (χ2v) is 9.62. The number of nitrogens with zero attached hydrogens (tertiary/aromatic N) is 1. The van der Waals surface area contributed by atoms with Crippen molar-refractivity contribution in [3.63, 3.8) is 0 Å². The minimum atomic E-state index is 0.309. The van der Waals surface area contributed by atoms with E-state index in [9.17, 15) is 4.79 Å². The Morgan fingerprint density at radius 3 is 2.47 bits per heavy atom. The van der Waals surface area contributed by atoms with Gasteiger partial charge in [0.25, 0.3) is 0 Å². The third-order valence-electron chi connectivity index (χ3n) is 6.96. The van der Waals surface area contributed by atoms with E-state index in [0.717, 1.165) is 50.4 Å². The second kappa shape index (κ2) is 12.9. The van der Waals surface area contributed by atoms with Crippen LogP contribution >= 0.6 is 0 Å². The van der Waals surface area contributed by atoms with Gasteiger partial charge < -0.3 is 5.32 Å². The molecule has 1 saturated heterocycles. The predicted octanol–water partition coefficient (Wildman–Crippen LogP) is 6.11. The molecule has 3 heteroatoms. The van der Waals surface area contributed by atoms with E-state index >= 15 is 0 Å². The molecule has 0 bridgehead atoms. The second-order valence-electron chi connectivity index (χ2n) is 9.62. The molecule has 0 amide bonds. The average molecular weight is 435 g/mol. The lowest BCUT2D eigenvalue weighted by atomic mass is 9.90. The van der Waals surface area contributed by atoms with Crippen molar-refractivity contribution in [1.82, 2.24) is 10.2 Å². The molecule has 0 saturated carbocycles. The summed E-state index contributed by atoms with van der Waals surface area (Å²) in [5.74, 6) is 1.09. The summed E-state index contributed by atoms with van der Waals surface area (Å²) in [5, 5.41) is 3.38. The molecule has 2 aromatic rings. The highest BCUT2D eigenvalue weighted by Gasteiger charge is 2.19. The molecule has 1 heterocycles. The maximum absolute atomic E-state index is 12.7. The van der Waals surface area contributed by atoms with Crippen LogP contribution in [0.15, 0.2) is 42.5 Å². The lowest BCUT2D eigenvalue weighted by Crippen LogP contribution is -2.33. The molecule has 0 spiro atoms. The Labute approximate surface area is 195 Å². The average Bonchev–Trinajstić information content (AvgIpc) is 2.80. The molecule has 3 rings (SSSR count). The molecule has 1 aliphatic heterocycles. The van der Waals surface area contributed by atoms with Crippen LogP contribution < -0.4 is 5.32 Å². The number of likely N-dealkylation sites (tertiary alicyclic amines) is 1. The summed E-state index contributed by atoms with van der Waals surface area (Å²) in [6, 6.07) is 15.2. The zero-order valence-electron chi connectivity index (χ0n) is 20.5.